The number of aryl methyl sites for hydroxylation is 2. The van der Waals surface area contributed by atoms with E-state index in [2.05, 4.69) is 23.8 Å². The lowest BCUT2D eigenvalue weighted by atomic mass is 10.0. The minimum atomic E-state index is -0.140. The van der Waals surface area contributed by atoms with Gasteiger partial charge in [-0.15, -0.1) is 0 Å². The summed E-state index contributed by atoms with van der Waals surface area (Å²) in [7, 11) is 0. The molecule has 142 valence electrons. The number of halogens is 1. The Morgan fingerprint density at radius 1 is 0.769 bits per heavy atom. The van der Waals surface area contributed by atoms with E-state index in [0.717, 1.165) is 43.2 Å². The predicted octanol–water partition coefficient (Wildman–Crippen LogP) is 6.92. The van der Waals surface area contributed by atoms with Gasteiger partial charge in [0.15, 0.2) is 5.82 Å². The van der Waals surface area contributed by atoms with Gasteiger partial charge in [-0.25, -0.2) is 14.4 Å². The average molecular weight is 357 g/mol. The molecule has 26 heavy (non-hydrogen) atoms. The second-order valence-corrected chi connectivity index (χ2v) is 7.20. The molecule has 2 rings (SSSR count). The minimum Gasteiger partial charge on any atom is -0.236 e. The molecule has 2 aromatic rings. The molecular weight excluding hydrogens is 323 g/mol. The molecule has 0 saturated carbocycles. The van der Waals surface area contributed by atoms with Crippen LogP contribution in [-0.4, -0.2) is 9.97 Å². The van der Waals surface area contributed by atoms with Gasteiger partial charge < -0.3 is 0 Å². The third kappa shape index (κ3) is 6.86. The molecule has 0 unspecified atom stereocenters. The Kier molecular flexibility index (Phi) is 9.30. The van der Waals surface area contributed by atoms with Crippen molar-refractivity contribution in [3.05, 3.63) is 47.5 Å². The number of rotatable bonds is 12. The van der Waals surface area contributed by atoms with Crippen molar-refractivity contribution in [2.75, 3.05) is 0 Å². The molecule has 0 radical (unpaired) electrons. The number of aromatic nitrogens is 2. The molecule has 0 spiro atoms. The summed E-state index contributed by atoms with van der Waals surface area (Å²) in [5.41, 5.74) is 2.72. The first-order chi connectivity index (χ1) is 12.7. The van der Waals surface area contributed by atoms with E-state index in [4.69, 9.17) is 0 Å². The molecule has 2 nitrogen and oxygen atoms in total. The number of benzene rings is 1. The van der Waals surface area contributed by atoms with Crippen molar-refractivity contribution in [1.82, 2.24) is 9.97 Å². The third-order valence-electron chi connectivity index (χ3n) is 4.89. The van der Waals surface area contributed by atoms with E-state index in [0.29, 0.717) is 5.82 Å². The fourth-order valence-electron chi connectivity index (χ4n) is 3.20. The zero-order chi connectivity index (χ0) is 18.6. The highest BCUT2D eigenvalue weighted by atomic mass is 19.1. The normalized spacial score (nSPS) is 11.0. The van der Waals surface area contributed by atoms with E-state index < -0.39 is 0 Å². The molecule has 1 heterocycles. The highest BCUT2D eigenvalue weighted by Gasteiger charge is 2.07. The van der Waals surface area contributed by atoms with Crippen LogP contribution in [0.2, 0.25) is 0 Å². The maximum Gasteiger partial charge on any atom is 0.159 e. The van der Waals surface area contributed by atoms with Crippen molar-refractivity contribution >= 4 is 0 Å². The second-order valence-electron chi connectivity index (χ2n) is 7.20. The number of unbranched alkanes of at least 4 members (excludes halogenated alkanes) is 7. The molecule has 0 atom stereocenters. The fraction of sp³-hybridized carbons (Fsp3) is 0.565. The summed E-state index contributed by atoms with van der Waals surface area (Å²) in [6, 6.07) is 5.39. The first-order valence-corrected chi connectivity index (χ1v) is 10.3. The molecule has 0 aliphatic heterocycles. The van der Waals surface area contributed by atoms with E-state index in [1.165, 1.54) is 44.1 Å². The Morgan fingerprint density at radius 3 is 2.08 bits per heavy atom. The van der Waals surface area contributed by atoms with Crippen LogP contribution in [-0.2, 0) is 12.8 Å². The third-order valence-corrected chi connectivity index (χ3v) is 4.89. The molecule has 0 N–H and O–H groups in total. The monoisotopic (exact) mass is 356 g/mol. The number of nitrogens with zero attached hydrogens (tertiary/aromatic N) is 2. The summed E-state index contributed by atoms with van der Waals surface area (Å²) in [6.45, 7) is 4.40. The lowest BCUT2D eigenvalue weighted by Gasteiger charge is -2.06. The number of hydrogen-bond acceptors (Lipinski definition) is 2. The van der Waals surface area contributed by atoms with Crippen LogP contribution in [0.4, 0.5) is 4.39 Å². The van der Waals surface area contributed by atoms with Crippen molar-refractivity contribution in [2.45, 2.75) is 84.5 Å². The average Bonchev–Trinajstić information content (AvgIpc) is 2.66. The van der Waals surface area contributed by atoms with Crippen LogP contribution in [0.1, 0.15) is 82.8 Å². The fourth-order valence-corrected chi connectivity index (χ4v) is 3.20. The molecule has 1 aromatic heterocycles. The van der Waals surface area contributed by atoms with Gasteiger partial charge in [0.2, 0.25) is 0 Å². The van der Waals surface area contributed by atoms with Crippen LogP contribution < -0.4 is 0 Å². The van der Waals surface area contributed by atoms with E-state index >= 15 is 0 Å². The lowest BCUT2D eigenvalue weighted by molar-refractivity contribution is 0.599. The van der Waals surface area contributed by atoms with Gasteiger partial charge in [-0.3, -0.25) is 0 Å². The SMILES string of the molecule is CCCCCCCCc1cnc(-c2ccc(CCCCC)c(F)c2)nc1. The van der Waals surface area contributed by atoms with Crippen LogP contribution in [0.15, 0.2) is 30.6 Å². The van der Waals surface area contributed by atoms with Gasteiger partial charge in [0.25, 0.3) is 0 Å². The molecular formula is C23H33FN2. The molecule has 0 fully saturated rings. The number of hydrogen-bond donors (Lipinski definition) is 0. The van der Waals surface area contributed by atoms with E-state index in [1.807, 2.05) is 24.5 Å². The molecule has 0 amide bonds. The second kappa shape index (κ2) is 11.8. The Hall–Kier alpha value is -1.77. The summed E-state index contributed by atoms with van der Waals surface area (Å²) >= 11 is 0. The highest BCUT2D eigenvalue weighted by Crippen LogP contribution is 2.20. The summed E-state index contributed by atoms with van der Waals surface area (Å²) < 4.78 is 14.3. The maximum atomic E-state index is 14.3. The first-order valence-electron chi connectivity index (χ1n) is 10.3. The van der Waals surface area contributed by atoms with E-state index in [1.54, 1.807) is 6.07 Å². The Balaban J connectivity index is 1.86. The summed E-state index contributed by atoms with van der Waals surface area (Å²) in [6.07, 6.45) is 16.7. The smallest absolute Gasteiger partial charge is 0.159 e. The molecule has 0 saturated heterocycles. The maximum absolute atomic E-state index is 14.3. The van der Waals surface area contributed by atoms with Gasteiger partial charge in [-0.2, -0.15) is 0 Å². The molecule has 0 aliphatic rings. The van der Waals surface area contributed by atoms with Crippen LogP contribution >= 0.6 is 0 Å². The minimum absolute atomic E-state index is 0.140. The van der Waals surface area contributed by atoms with Gasteiger partial charge in [0.1, 0.15) is 5.82 Å². The van der Waals surface area contributed by atoms with Crippen molar-refractivity contribution in [1.29, 1.82) is 0 Å². The van der Waals surface area contributed by atoms with Crippen LogP contribution in [0.25, 0.3) is 11.4 Å². The Labute approximate surface area is 158 Å². The molecule has 0 bridgehead atoms. The highest BCUT2D eigenvalue weighted by molar-refractivity contribution is 5.55. The van der Waals surface area contributed by atoms with E-state index in [9.17, 15) is 4.39 Å². The van der Waals surface area contributed by atoms with Crippen LogP contribution in [0.5, 0.6) is 0 Å². The van der Waals surface area contributed by atoms with Gasteiger partial charge >= 0.3 is 0 Å². The Morgan fingerprint density at radius 2 is 1.38 bits per heavy atom. The van der Waals surface area contributed by atoms with Crippen molar-refractivity contribution in [3.8, 4) is 11.4 Å². The molecule has 1 aromatic carbocycles. The molecule has 3 heteroatoms. The van der Waals surface area contributed by atoms with Gasteiger partial charge in [0.05, 0.1) is 0 Å². The van der Waals surface area contributed by atoms with Gasteiger partial charge in [-0.05, 0) is 42.9 Å². The quantitative estimate of drug-likeness (QED) is 0.386. The summed E-state index contributed by atoms with van der Waals surface area (Å²) in [5, 5.41) is 0. The molecule has 0 aliphatic carbocycles. The standard InChI is InChI=1S/C23H33FN2/c1-3-5-7-8-9-11-12-19-17-25-23(26-18-19)21-15-14-20(22(24)16-21)13-10-6-4-2/h14-18H,3-13H2,1-2H3. The van der Waals surface area contributed by atoms with Crippen LogP contribution in [0, 0.1) is 5.82 Å². The summed E-state index contributed by atoms with van der Waals surface area (Å²) in [5.74, 6) is 0.467. The Bertz CT molecular complexity index is 637. The topological polar surface area (TPSA) is 25.8 Å². The van der Waals surface area contributed by atoms with Crippen molar-refractivity contribution < 1.29 is 4.39 Å². The van der Waals surface area contributed by atoms with E-state index in [-0.39, 0.29) is 5.82 Å². The zero-order valence-electron chi connectivity index (χ0n) is 16.4. The largest absolute Gasteiger partial charge is 0.236 e. The van der Waals surface area contributed by atoms with Gasteiger partial charge in [-0.1, -0.05) is 70.9 Å². The summed E-state index contributed by atoms with van der Waals surface area (Å²) in [4.78, 5) is 8.89. The van der Waals surface area contributed by atoms with Crippen LogP contribution in [0.3, 0.4) is 0 Å². The predicted molar refractivity (Wildman–Crippen MR) is 108 cm³/mol. The lowest BCUT2D eigenvalue weighted by Crippen LogP contribution is -1.96. The van der Waals surface area contributed by atoms with Crippen molar-refractivity contribution in [2.24, 2.45) is 0 Å². The first kappa shape index (κ1) is 20.5. The van der Waals surface area contributed by atoms with Gasteiger partial charge in [0, 0.05) is 18.0 Å². The van der Waals surface area contributed by atoms with Crippen molar-refractivity contribution in [3.63, 3.8) is 0 Å². The zero-order valence-corrected chi connectivity index (χ0v) is 16.4.